The summed E-state index contributed by atoms with van der Waals surface area (Å²) in [5.41, 5.74) is 2.88. The van der Waals surface area contributed by atoms with E-state index in [1.807, 2.05) is 46.0 Å². The number of hydrogen-bond acceptors (Lipinski definition) is 10. The number of thiazole rings is 1. The molecule has 4 N–H and O–H groups in total. The topological polar surface area (TPSA) is 127 Å². The first-order valence-corrected chi connectivity index (χ1v) is 16.7. The number of carbonyl (C=O) groups excluding carboxylic acids is 1. The largest absolute Gasteiger partial charge is 0.506 e. The summed E-state index contributed by atoms with van der Waals surface area (Å²) >= 11 is 2.61. The Kier molecular flexibility index (Phi) is 9.65. The van der Waals surface area contributed by atoms with E-state index in [-0.39, 0.29) is 22.1 Å². The predicted octanol–water partition coefficient (Wildman–Crippen LogP) is 3.49. The van der Waals surface area contributed by atoms with Crippen LogP contribution in [0.2, 0.25) is 0 Å². The summed E-state index contributed by atoms with van der Waals surface area (Å²) in [5.74, 6) is 0.995. The molecule has 12 heteroatoms. The number of nitrogens with zero attached hydrogens (tertiary/aromatic N) is 2. The minimum atomic E-state index is -0.820. The number of phenolic OH excluding ortho intramolecular Hbond substituents is 1. The van der Waals surface area contributed by atoms with Crippen LogP contribution in [0.5, 0.6) is 11.5 Å². The Morgan fingerprint density at radius 2 is 1.93 bits per heavy atom. The van der Waals surface area contributed by atoms with E-state index < -0.39 is 6.10 Å². The van der Waals surface area contributed by atoms with Gasteiger partial charge in [-0.1, -0.05) is 29.5 Å². The Morgan fingerprint density at radius 3 is 2.70 bits per heavy atom. The van der Waals surface area contributed by atoms with E-state index in [0.717, 1.165) is 60.7 Å². The van der Waals surface area contributed by atoms with Crippen LogP contribution in [0.3, 0.4) is 0 Å². The van der Waals surface area contributed by atoms with E-state index in [0.29, 0.717) is 61.6 Å². The first-order chi connectivity index (χ1) is 21.4. The number of amides is 1. The van der Waals surface area contributed by atoms with Gasteiger partial charge in [-0.25, -0.2) is 0 Å². The number of aliphatic hydroxyl groups excluding tert-OH is 1. The summed E-state index contributed by atoms with van der Waals surface area (Å²) in [4.78, 5) is 31.3. The average Bonchev–Trinajstić information content (AvgIpc) is 3.69. The molecule has 1 spiro atoms. The molecule has 2 aromatic heterocycles. The molecule has 2 aromatic carbocycles. The molecule has 2 saturated heterocycles. The molecule has 0 aliphatic carbocycles. The molecule has 1 atom stereocenters. The van der Waals surface area contributed by atoms with Gasteiger partial charge in [0, 0.05) is 51.4 Å². The predicted molar refractivity (Wildman–Crippen MR) is 172 cm³/mol. The van der Waals surface area contributed by atoms with Gasteiger partial charge in [0.1, 0.15) is 23.6 Å². The van der Waals surface area contributed by atoms with Crippen molar-refractivity contribution in [3.8, 4) is 11.5 Å². The van der Waals surface area contributed by atoms with Crippen LogP contribution in [-0.4, -0.2) is 89.0 Å². The number of aromatic amines is 1. The second-order valence-electron chi connectivity index (χ2n) is 11.5. The maximum atomic E-state index is 12.9. The number of phenols is 1. The molecule has 2 aliphatic rings. The smallest absolute Gasteiger partial charge is 0.305 e. The van der Waals surface area contributed by atoms with Crippen molar-refractivity contribution in [1.82, 2.24) is 20.1 Å². The summed E-state index contributed by atoms with van der Waals surface area (Å²) in [7, 11) is 0. The molecule has 234 valence electrons. The van der Waals surface area contributed by atoms with Gasteiger partial charge in [-0.05, 0) is 59.0 Å². The molecular weight excluding hydrogens is 601 g/mol. The van der Waals surface area contributed by atoms with Crippen LogP contribution in [0.25, 0.3) is 10.2 Å². The highest BCUT2D eigenvalue weighted by Crippen LogP contribution is 2.32. The van der Waals surface area contributed by atoms with E-state index >= 15 is 0 Å². The summed E-state index contributed by atoms with van der Waals surface area (Å²) in [6.07, 6.45) is 1.47. The fourth-order valence-corrected chi connectivity index (χ4v) is 7.57. The molecule has 4 aromatic rings. The van der Waals surface area contributed by atoms with Gasteiger partial charge in [-0.15, -0.1) is 0 Å². The lowest BCUT2D eigenvalue weighted by Crippen LogP contribution is -2.58. The molecule has 0 saturated carbocycles. The van der Waals surface area contributed by atoms with Crippen molar-refractivity contribution in [2.45, 2.75) is 37.5 Å². The number of aromatic hydroxyl groups is 1. The van der Waals surface area contributed by atoms with Crippen LogP contribution >= 0.6 is 22.7 Å². The van der Waals surface area contributed by atoms with Gasteiger partial charge in [-0.2, -0.15) is 11.3 Å². The van der Waals surface area contributed by atoms with Gasteiger partial charge in [-0.3, -0.25) is 14.5 Å². The normalized spacial score (nSPS) is 17.7. The van der Waals surface area contributed by atoms with Gasteiger partial charge in [0.05, 0.1) is 29.4 Å². The van der Waals surface area contributed by atoms with E-state index in [4.69, 9.17) is 9.47 Å². The van der Waals surface area contributed by atoms with Crippen molar-refractivity contribution < 1.29 is 24.5 Å². The van der Waals surface area contributed by atoms with Crippen molar-refractivity contribution in [1.29, 1.82) is 0 Å². The van der Waals surface area contributed by atoms with Crippen LogP contribution in [0, 0.1) is 0 Å². The number of carbonyl (C=O) groups is 1. The van der Waals surface area contributed by atoms with E-state index in [9.17, 15) is 19.8 Å². The Hall–Kier alpha value is -3.26. The van der Waals surface area contributed by atoms with Crippen molar-refractivity contribution in [2.24, 2.45) is 0 Å². The second kappa shape index (κ2) is 13.8. The maximum Gasteiger partial charge on any atom is 0.305 e. The van der Waals surface area contributed by atoms with Gasteiger partial charge in [0.15, 0.2) is 0 Å². The number of thiophene rings is 1. The van der Waals surface area contributed by atoms with Crippen LogP contribution in [0.1, 0.15) is 35.6 Å². The first-order valence-electron chi connectivity index (χ1n) is 15.0. The first kappa shape index (κ1) is 30.8. The molecule has 10 nitrogen and oxygen atoms in total. The summed E-state index contributed by atoms with van der Waals surface area (Å²) in [6.45, 7) is 6.08. The zero-order valence-corrected chi connectivity index (χ0v) is 26.1. The number of aliphatic hydroxyl groups is 1. The Morgan fingerprint density at radius 1 is 1.11 bits per heavy atom. The van der Waals surface area contributed by atoms with Gasteiger partial charge >= 0.3 is 4.87 Å². The van der Waals surface area contributed by atoms with Gasteiger partial charge in [0.25, 0.3) is 0 Å². The third kappa shape index (κ3) is 7.33. The highest BCUT2D eigenvalue weighted by molar-refractivity contribution is 7.16. The third-order valence-electron chi connectivity index (χ3n) is 8.52. The maximum absolute atomic E-state index is 12.9. The highest BCUT2D eigenvalue weighted by Gasteiger charge is 2.40. The molecule has 0 bridgehead atoms. The summed E-state index contributed by atoms with van der Waals surface area (Å²) in [5, 5.41) is 28.0. The number of piperidine rings is 1. The van der Waals surface area contributed by atoms with Gasteiger partial charge < -0.3 is 34.9 Å². The Labute approximate surface area is 263 Å². The minimum absolute atomic E-state index is 0.00536. The molecule has 4 heterocycles. The molecule has 1 amide bonds. The summed E-state index contributed by atoms with van der Waals surface area (Å²) < 4.78 is 12.8. The highest BCUT2D eigenvalue weighted by atomic mass is 32.1. The number of H-pyrrole nitrogens is 1. The number of likely N-dealkylation sites (tertiary alicyclic amines) is 1. The molecule has 0 unspecified atom stereocenters. The molecule has 44 heavy (non-hydrogen) atoms. The standard InChI is InChI=1S/C32H38N4O6S2/c37-26-6-5-25(30-29(26)34-31(40)44-30)27(38)19-33-18-22-1-3-24(4-2-22)41-14-12-35-10-8-32(9-11-35)21-36(13-15-42-32)28(39)17-23-7-16-43-20-23/h1-7,16,20,27,33,37-38H,8-15,17-19,21H2,(H,34,40)/t27-/m0/s1. The fraction of sp³-hybridized carbons (Fsp3) is 0.438. The number of hydrogen-bond donors (Lipinski definition) is 4. The lowest BCUT2D eigenvalue weighted by molar-refractivity contribution is -0.159. The number of fused-ring (bicyclic) bond motifs is 1. The van der Waals surface area contributed by atoms with E-state index in [1.54, 1.807) is 17.4 Å². The Balaban J connectivity index is 0.900. The SMILES string of the molecule is O=C(Cc1ccsc1)N1CCOC2(CCN(CCOc3ccc(CNC[C@H](O)c4ccc(O)c5[nH]c(=O)sc45)cc3)CC2)C1. The molecular formula is C32H38N4O6S2. The second-order valence-corrected chi connectivity index (χ2v) is 13.3. The quantitative estimate of drug-likeness (QED) is 0.197. The van der Waals surface area contributed by atoms with Crippen molar-refractivity contribution in [2.75, 3.05) is 52.5 Å². The van der Waals surface area contributed by atoms with Crippen molar-refractivity contribution in [3.63, 3.8) is 0 Å². The van der Waals surface area contributed by atoms with E-state index in [1.165, 1.54) is 6.07 Å². The zero-order chi connectivity index (χ0) is 30.5. The fourth-order valence-electron chi connectivity index (χ4n) is 5.99. The number of ether oxygens (including phenoxy) is 2. The van der Waals surface area contributed by atoms with Gasteiger partial charge in [0.2, 0.25) is 5.91 Å². The van der Waals surface area contributed by atoms with Crippen molar-refractivity contribution >= 4 is 38.8 Å². The Bertz CT molecular complexity index is 1600. The van der Waals surface area contributed by atoms with Crippen LogP contribution in [-0.2, 0) is 22.5 Å². The van der Waals surface area contributed by atoms with Crippen LogP contribution in [0.4, 0.5) is 0 Å². The number of morpholine rings is 1. The number of benzene rings is 2. The molecule has 0 radical (unpaired) electrons. The van der Waals surface area contributed by atoms with Crippen LogP contribution in [0.15, 0.2) is 58.0 Å². The zero-order valence-electron chi connectivity index (χ0n) is 24.5. The minimum Gasteiger partial charge on any atom is -0.506 e. The van der Waals surface area contributed by atoms with E-state index in [2.05, 4.69) is 15.2 Å². The molecule has 2 aliphatic heterocycles. The number of nitrogens with one attached hydrogen (secondary N) is 2. The lowest BCUT2D eigenvalue weighted by Gasteiger charge is -2.47. The lowest BCUT2D eigenvalue weighted by atomic mass is 9.89. The number of rotatable bonds is 11. The van der Waals surface area contributed by atoms with Crippen LogP contribution < -0.4 is 14.9 Å². The average molecular weight is 639 g/mol. The number of aromatic nitrogens is 1. The summed E-state index contributed by atoms with van der Waals surface area (Å²) in [6, 6.07) is 13.1. The van der Waals surface area contributed by atoms with Crippen molar-refractivity contribution in [3.05, 3.63) is 79.6 Å². The molecule has 6 rings (SSSR count). The third-order valence-corrected chi connectivity index (χ3v) is 10.2. The molecule has 2 fully saturated rings. The monoisotopic (exact) mass is 638 g/mol.